The summed E-state index contributed by atoms with van der Waals surface area (Å²) >= 11 is 0. The van der Waals surface area contributed by atoms with Gasteiger partial charge in [-0.25, -0.2) is 4.57 Å². The Morgan fingerprint density at radius 2 is 0.730 bits per heavy atom. The Morgan fingerprint density at radius 3 is 1.04 bits per heavy atom. The van der Waals surface area contributed by atoms with Crippen molar-refractivity contribution in [2.45, 2.75) is 360 Å². The maximum absolute atomic E-state index is 13.0. The zero-order valence-corrected chi connectivity index (χ0v) is 51.5. The highest BCUT2D eigenvalue weighted by Crippen LogP contribution is 2.43. The summed E-state index contributed by atoms with van der Waals surface area (Å²) in [4.78, 5) is 23.4. The summed E-state index contributed by atoms with van der Waals surface area (Å²) in [6.07, 6.45) is 71.5. The number of quaternary nitrogens is 1. The topological polar surface area (TPSA) is 105 Å². The van der Waals surface area contributed by atoms with E-state index in [9.17, 15) is 19.4 Å². The molecule has 0 aromatic carbocycles. The Morgan fingerprint density at radius 1 is 0.446 bits per heavy atom. The zero-order chi connectivity index (χ0) is 54.2. The van der Waals surface area contributed by atoms with Crippen molar-refractivity contribution in [1.82, 2.24) is 5.32 Å². The number of phosphoric ester groups is 1. The molecule has 0 saturated carbocycles. The van der Waals surface area contributed by atoms with Gasteiger partial charge in [0.15, 0.2) is 0 Å². The third-order valence-corrected chi connectivity index (χ3v) is 16.5. The number of hydrogen-bond donors (Lipinski definition) is 3. The molecule has 0 fully saturated rings. The average Bonchev–Trinajstić information content (AvgIpc) is 3.36. The van der Waals surface area contributed by atoms with Crippen molar-refractivity contribution in [3.05, 3.63) is 12.2 Å². The van der Waals surface area contributed by atoms with Crippen LogP contribution < -0.4 is 5.32 Å². The number of carbonyl (C=O) groups excluding carboxylic acids is 1. The molecule has 0 radical (unpaired) electrons. The van der Waals surface area contributed by atoms with Crippen LogP contribution in [0.4, 0.5) is 0 Å². The summed E-state index contributed by atoms with van der Waals surface area (Å²) in [5.74, 6) is -0.137. The summed E-state index contributed by atoms with van der Waals surface area (Å²) in [6, 6.07) is -0.758. The average molecular weight is 1070 g/mol. The fourth-order valence-electron chi connectivity index (χ4n) is 10.3. The van der Waals surface area contributed by atoms with Crippen molar-refractivity contribution < 1.29 is 32.9 Å². The lowest BCUT2D eigenvalue weighted by Gasteiger charge is -2.26. The summed E-state index contributed by atoms with van der Waals surface area (Å²) in [7, 11) is 1.64. The predicted octanol–water partition coefficient (Wildman–Crippen LogP) is 20.6. The van der Waals surface area contributed by atoms with Crippen molar-refractivity contribution in [2.75, 3.05) is 40.9 Å². The van der Waals surface area contributed by atoms with E-state index < -0.39 is 20.0 Å². The number of aliphatic hydroxyl groups is 1. The molecule has 3 unspecified atom stereocenters. The number of carbonyl (C=O) groups is 1. The van der Waals surface area contributed by atoms with Gasteiger partial charge < -0.3 is 19.8 Å². The number of nitrogens with one attached hydrogen (secondary N) is 1. The Kier molecular flexibility index (Phi) is 56.4. The van der Waals surface area contributed by atoms with E-state index in [-0.39, 0.29) is 19.1 Å². The zero-order valence-electron chi connectivity index (χ0n) is 50.6. The molecule has 3 atom stereocenters. The molecule has 3 N–H and O–H groups in total. The van der Waals surface area contributed by atoms with E-state index in [2.05, 4.69) is 31.3 Å². The van der Waals surface area contributed by atoms with Gasteiger partial charge in [0.05, 0.1) is 39.9 Å². The minimum absolute atomic E-state index is 0.0778. The number of allylic oxidation sites excluding steroid dienone is 2. The number of rotatable bonds is 62. The second kappa shape index (κ2) is 56.9. The van der Waals surface area contributed by atoms with E-state index in [0.717, 1.165) is 38.5 Å². The fraction of sp³-hybridized carbons (Fsp3) is 0.954. The first kappa shape index (κ1) is 73.2. The molecular weight excluding hydrogens is 936 g/mol. The number of nitrogens with zero attached hydrogens (tertiary/aromatic N) is 1. The minimum atomic E-state index is -4.32. The molecule has 0 aromatic heterocycles. The van der Waals surface area contributed by atoms with Crippen LogP contribution in [0, 0.1) is 0 Å². The molecule has 0 aromatic rings. The lowest BCUT2D eigenvalue weighted by molar-refractivity contribution is -0.870. The number of amides is 1. The van der Waals surface area contributed by atoms with Gasteiger partial charge in [-0.1, -0.05) is 315 Å². The van der Waals surface area contributed by atoms with Gasteiger partial charge in [-0.2, -0.15) is 0 Å². The highest BCUT2D eigenvalue weighted by atomic mass is 31.2. The van der Waals surface area contributed by atoms with E-state index in [1.807, 2.05) is 21.1 Å². The third-order valence-electron chi connectivity index (χ3n) is 15.5. The maximum atomic E-state index is 13.0. The first-order valence-electron chi connectivity index (χ1n) is 33.1. The largest absolute Gasteiger partial charge is 0.472 e. The molecule has 0 aliphatic carbocycles. The molecule has 0 aliphatic heterocycles. The molecule has 0 spiro atoms. The molecule has 0 rings (SSSR count). The quantitative estimate of drug-likeness (QED) is 0.0243. The number of phosphoric acid groups is 1. The Hall–Kier alpha value is -0.760. The third kappa shape index (κ3) is 58.9. The summed E-state index contributed by atoms with van der Waals surface area (Å²) in [5, 5.41) is 14.1. The van der Waals surface area contributed by atoms with E-state index in [0.29, 0.717) is 23.9 Å². The molecule has 0 heterocycles. The molecule has 8 nitrogen and oxygen atoms in total. The van der Waals surface area contributed by atoms with Gasteiger partial charge in [0.2, 0.25) is 5.91 Å². The van der Waals surface area contributed by atoms with Crippen molar-refractivity contribution in [3.8, 4) is 0 Å². The summed E-state index contributed by atoms with van der Waals surface area (Å²) < 4.78 is 23.9. The SMILES string of the molecule is CCCCCCCCCCCCCC/C=C\CCCCCCCCCCCCCCCCC(=O)NC(COP(=O)(O)OCC[N+](C)(C)C)C(O)CCCCCCCCCCCCCCCCCCCCCCCC. The lowest BCUT2D eigenvalue weighted by Crippen LogP contribution is -2.46. The fourth-order valence-corrected chi connectivity index (χ4v) is 11.1. The molecular formula is C65H132N2O6P+. The second-order valence-corrected chi connectivity index (χ2v) is 25.7. The second-order valence-electron chi connectivity index (χ2n) is 24.2. The minimum Gasteiger partial charge on any atom is -0.391 e. The van der Waals surface area contributed by atoms with Gasteiger partial charge in [-0.05, 0) is 38.5 Å². The van der Waals surface area contributed by atoms with Crippen LogP contribution in [0.5, 0.6) is 0 Å². The van der Waals surface area contributed by atoms with E-state index >= 15 is 0 Å². The van der Waals surface area contributed by atoms with Crippen molar-refractivity contribution in [3.63, 3.8) is 0 Å². The highest BCUT2D eigenvalue weighted by Gasteiger charge is 2.28. The van der Waals surface area contributed by atoms with Crippen molar-refractivity contribution in [1.29, 1.82) is 0 Å². The summed E-state index contributed by atoms with van der Waals surface area (Å²) in [5.41, 5.74) is 0. The van der Waals surface area contributed by atoms with Crippen LogP contribution in [-0.2, 0) is 18.4 Å². The number of unbranched alkanes of at least 4 members (excludes halogenated alkanes) is 47. The molecule has 0 bridgehead atoms. The van der Waals surface area contributed by atoms with Crippen LogP contribution in [0.15, 0.2) is 12.2 Å². The first-order chi connectivity index (χ1) is 36.0. The summed E-state index contributed by atoms with van der Waals surface area (Å²) in [6.45, 7) is 4.95. The molecule has 9 heteroatoms. The van der Waals surface area contributed by atoms with Crippen LogP contribution in [-0.4, -0.2) is 73.4 Å². The van der Waals surface area contributed by atoms with Crippen LogP contribution in [0.25, 0.3) is 0 Å². The van der Waals surface area contributed by atoms with Gasteiger partial charge >= 0.3 is 7.82 Å². The van der Waals surface area contributed by atoms with Gasteiger partial charge in [-0.3, -0.25) is 13.8 Å². The normalized spacial score (nSPS) is 13.8. The van der Waals surface area contributed by atoms with Gasteiger partial charge in [-0.15, -0.1) is 0 Å². The maximum Gasteiger partial charge on any atom is 0.472 e. The molecule has 1 amide bonds. The van der Waals surface area contributed by atoms with Crippen molar-refractivity contribution in [2.24, 2.45) is 0 Å². The monoisotopic (exact) mass is 1070 g/mol. The number of hydrogen-bond acceptors (Lipinski definition) is 5. The van der Waals surface area contributed by atoms with Crippen LogP contribution in [0.3, 0.4) is 0 Å². The van der Waals surface area contributed by atoms with Crippen LogP contribution in [0.1, 0.15) is 348 Å². The smallest absolute Gasteiger partial charge is 0.391 e. The van der Waals surface area contributed by atoms with E-state index in [1.165, 1.54) is 283 Å². The Labute approximate surface area is 462 Å². The predicted molar refractivity (Wildman–Crippen MR) is 323 cm³/mol. The number of aliphatic hydroxyl groups excluding tert-OH is 1. The molecule has 74 heavy (non-hydrogen) atoms. The molecule has 0 aliphatic rings. The van der Waals surface area contributed by atoms with Crippen molar-refractivity contribution >= 4 is 13.7 Å². The highest BCUT2D eigenvalue weighted by molar-refractivity contribution is 7.47. The van der Waals surface area contributed by atoms with Gasteiger partial charge in [0.1, 0.15) is 13.2 Å². The Bertz CT molecular complexity index is 1210. The number of likely N-dealkylation sites (N-methyl/N-ethyl adjacent to an activating group) is 1. The van der Waals surface area contributed by atoms with Crippen LogP contribution in [0.2, 0.25) is 0 Å². The lowest BCUT2D eigenvalue weighted by atomic mass is 10.0. The van der Waals surface area contributed by atoms with Gasteiger partial charge in [0, 0.05) is 6.42 Å². The van der Waals surface area contributed by atoms with E-state index in [1.54, 1.807) is 0 Å². The Balaban J connectivity index is 4.03. The standard InChI is InChI=1S/C65H131N2O6P/c1-6-8-10-12-14-16-18-20-22-24-26-28-30-31-32-33-34-35-36-37-39-41-43-45-47-49-51-53-55-57-59-65(69)66-63(62-73-74(70,71)72-61-60-67(3,4)5)64(68)58-56-54-52-50-48-46-44-42-40-38-29-27-25-23-21-19-17-15-13-11-9-7-2/h31-32,63-64,68H,6-30,33-62H2,1-5H3,(H-,66,69,70,71)/p+1/b32-31-. The van der Waals surface area contributed by atoms with Gasteiger partial charge in [0.25, 0.3) is 0 Å². The first-order valence-corrected chi connectivity index (χ1v) is 34.5. The molecule has 442 valence electrons. The van der Waals surface area contributed by atoms with Crippen LogP contribution >= 0.6 is 7.82 Å². The van der Waals surface area contributed by atoms with E-state index in [4.69, 9.17) is 9.05 Å². The molecule has 0 saturated heterocycles.